The third kappa shape index (κ3) is 2.32. The molecule has 0 saturated carbocycles. The minimum Gasteiger partial charge on any atom is -0.347 e. The molecule has 0 radical (unpaired) electrons. The Hall–Kier alpha value is -0.870. The molecular weight excluding hydrogens is 152 g/mol. The third-order valence-corrected chi connectivity index (χ3v) is 1.76. The Bertz CT molecular complexity index is 205. The summed E-state index contributed by atoms with van der Waals surface area (Å²) in [6, 6.07) is 0.139. The summed E-state index contributed by atoms with van der Waals surface area (Å²) >= 11 is 0. The van der Waals surface area contributed by atoms with Crippen LogP contribution in [0.1, 0.15) is 32.1 Å². The van der Waals surface area contributed by atoms with Crippen molar-refractivity contribution in [3.05, 3.63) is 18.2 Å². The largest absolute Gasteiger partial charge is 0.347 e. The van der Waals surface area contributed by atoms with Crippen LogP contribution < -0.4 is 11.3 Å². The van der Waals surface area contributed by atoms with Crippen LogP contribution in [-0.4, -0.2) is 9.97 Å². The fourth-order valence-electron chi connectivity index (χ4n) is 1.20. The van der Waals surface area contributed by atoms with E-state index in [0.717, 1.165) is 12.2 Å². The third-order valence-electron chi connectivity index (χ3n) is 1.76. The van der Waals surface area contributed by atoms with Crippen LogP contribution in [0.25, 0.3) is 0 Å². The number of hydrogen-bond donors (Lipinski definition) is 3. The van der Waals surface area contributed by atoms with Crippen molar-refractivity contribution in [3.63, 3.8) is 0 Å². The van der Waals surface area contributed by atoms with Crippen LogP contribution in [0.2, 0.25) is 0 Å². The molecule has 1 unspecified atom stereocenters. The van der Waals surface area contributed by atoms with Crippen molar-refractivity contribution in [1.29, 1.82) is 0 Å². The second-order valence-electron chi connectivity index (χ2n) is 3.32. The summed E-state index contributed by atoms with van der Waals surface area (Å²) in [6.45, 7) is 4.32. The fraction of sp³-hybridized carbons (Fsp3) is 0.625. The average molecular weight is 168 g/mol. The van der Waals surface area contributed by atoms with E-state index in [2.05, 4.69) is 29.2 Å². The maximum absolute atomic E-state index is 5.40. The highest BCUT2D eigenvalue weighted by atomic mass is 15.2. The highest BCUT2D eigenvalue weighted by Crippen LogP contribution is 2.16. The number of aromatic amines is 1. The van der Waals surface area contributed by atoms with Gasteiger partial charge in [0.2, 0.25) is 0 Å². The maximum atomic E-state index is 5.40. The smallest absolute Gasteiger partial charge is 0.124 e. The lowest BCUT2D eigenvalue weighted by Gasteiger charge is -2.15. The second-order valence-corrected chi connectivity index (χ2v) is 3.32. The number of rotatable bonds is 4. The summed E-state index contributed by atoms with van der Waals surface area (Å²) in [5.74, 6) is 6.92. The molecule has 4 nitrogen and oxygen atoms in total. The van der Waals surface area contributed by atoms with Crippen LogP contribution in [0.3, 0.4) is 0 Å². The van der Waals surface area contributed by atoms with Crippen LogP contribution >= 0.6 is 0 Å². The number of imidazole rings is 1. The first kappa shape index (κ1) is 9.22. The number of H-pyrrole nitrogens is 1. The van der Waals surface area contributed by atoms with Gasteiger partial charge in [-0.15, -0.1) is 0 Å². The number of hydrazine groups is 1. The van der Waals surface area contributed by atoms with Crippen molar-refractivity contribution in [2.24, 2.45) is 11.8 Å². The van der Waals surface area contributed by atoms with Gasteiger partial charge in [0.05, 0.1) is 6.04 Å². The Kier molecular flexibility index (Phi) is 3.25. The van der Waals surface area contributed by atoms with E-state index in [-0.39, 0.29) is 6.04 Å². The highest BCUT2D eigenvalue weighted by Gasteiger charge is 2.12. The molecule has 1 rings (SSSR count). The molecule has 0 bridgehead atoms. The standard InChI is InChI=1S/C8H16N4/c1-6(2)5-7(12-9)8-10-3-4-11-8/h3-4,6-7,12H,5,9H2,1-2H3,(H,10,11). The van der Waals surface area contributed by atoms with Gasteiger partial charge in [0.25, 0.3) is 0 Å². The zero-order valence-electron chi connectivity index (χ0n) is 7.54. The number of nitrogens with zero attached hydrogens (tertiary/aromatic N) is 1. The van der Waals surface area contributed by atoms with Crippen molar-refractivity contribution in [1.82, 2.24) is 15.4 Å². The van der Waals surface area contributed by atoms with E-state index in [1.807, 2.05) is 0 Å². The molecule has 4 N–H and O–H groups in total. The fourth-order valence-corrected chi connectivity index (χ4v) is 1.20. The Morgan fingerprint density at radius 2 is 2.42 bits per heavy atom. The van der Waals surface area contributed by atoms with Gasteiger partial charge in [-0.3, -0.25) is 5.84 Å². The van der Waals surface area contributed by atoms with Gasteiger partial charge in [-0.05, 0) is 12.3 Å². The van der Waals surface area contributed by atoms with Crippen molar-refractivity contribution >= 4 is 0 Å². The maximum Gasteiger partial charge on any atom is 0.124 e. The predicted molar refractivity (Wildman–Crippen MR) is 48.1 cm³/mol. The van der Waals surface area contributed by atoms with Crippen molar-refractivity contribution in [2.45, 2.75) is 26.3 Å². The van der Waals surface area contributed by atoms with Crippen LogP contribution in [0.5, 0.6) is 0 Å². The molecule has 0 aliphatic carbocycles. The van der Waals surface area contributed by atoms with Gasteiger partial charge in [-0.1, -0.05) is 13.8 Å². The van der Waals surface area contributed by atoms with Crippen molar-refractivity contribution in [2.75, 3.05) is 0 Å². The molecule has 68 valence electrons. The first-order valence-electron chi connectivity index (χ1n) is 4.19. The molecule has 12 heavy (non-hydrogen) atoms. The zero-order chi connectivity index (χ0) is 8.97. The summed E-state index contributed by atoms with van der Waals surface area (Å²) < 4.78 is 0. The molecule has 0 saturated heterocycles. The van der Waals surface area contributed by atoms with E-state index in [4.69, 9.17) is 5.84 Å². The molecule has 0 aliphatic rings. The average Bonchev–Trinajstić information content (AvgIpc) is 2.51. The first-order valence-corrected chi connectivity index (χ1v) is 4.19. The highest BCUT2D eigenvalue weighted by molar-refractivity contribution is 4.94. The molecule has 4 heteroatoms. The normalized spacial score (nSPS) is 13.7. The summed E-state index contributed by atoms with van der Waals surface area (Å²) in [4.78, 5) is 7.18. The molecule has 1 heterocycles. The van der Waals surface area contributed by atoms with E-state index < -0.39 is 0 Å². The first-order chi connectivity index (χ1) is 5.74. The van der Waals surface area contributed by atoms with Crippen LogP contribution in [0, 0.1) is 5.92 Å². The zero-order valence-corrected chi connectivity index (χ0v) is 7.54. The molecule has 0 amide bonds. The van der Waals surface area contributed by atoms with Crippen LogP contribution in [-0.2, 0) is 0 Å². The van der Waals surface area contributed by atoms with Crippen molar-refractivity contribution < 1.29 is 0 Å². The van der Waals surface area contributed by atoms with Crippen molar-refractivity contribution in [3.8, 4) is 0 Å². The molecule has 0 spiro atoms. The number of hydrogen-bond acceptors (Lipinski definition) is 3. The molecular formula is C8H16N4. The van der Waals surface area contributed by atoms with Gasteiger partial charge in [0.1, 0.15) is 5.82 Å². The summed E-state index contributed by atoms with van der Waals surface area (Å²) in [5, 5.41) is 0. The lowest BCUT2D eigenvalue weighted by molar-refractivity contribution is 0.424. The van der Waals surface area contributed by atoms with Gasteiger partial charge in [-0.25, -0.2) is 10.4 Å². The van der Waals surface area contributed by atoms with Gasteiger partial charge in [0.15, 0.2) is 0 Å². The summed E-state index contributed by atoms with van der Waals surface area (Å²) in [7, 11) is 0. The Morgan fingerprint density at radius 1 is 1.67 bits per heavy atom. The van der Waals surface area contributed by atoms with E-state index in [9.17, 15) is 0 Å². The second kappa shape index (κ2) is 4.23. The van der Waals surface area contributed by atoms with Gasteiger partial charge >= 0.3 is 0 Å². The Morgan fingerprint density at radius 3 is 2.83 bits per heavy atom. The van der Waals surface area contributed by atoms with E-state index in [1.165, 1.54) is 0 Å². The van der Waals surface area contributed by atoms with Crippen LogP contribution in [0.4, 0.5) is 0 Å². The Labute approximate surface area is 72.5 Å². The Balaban J connectivity index is 2.57. The van der Waals surface area contributed by atoms with Crippen LogP contribution in [0.15, 0.2) is 12.4 Å². The number of nitrogens with two attached hydrogens (primary N) is 1. The number of nitrogens with one attached hydrogen (secondary N) is 2. The summed E-state index contributed by atoms with van der Waals surface area (Å²) in [6.07, 6.45) is 4.53. The molecule has 0 aliphatic heterocycles. The van der Waals surface area contributed by atoms with Gasteiger partial charge < -0.3 is 4.98 Å². The van der Waals surface area contributed by atoms with E-state index in [0.29, 0.717) is 5.92 Å². The molecule has 1 atom stereocenters. The lowest BCUT2D eigenvalue weighted by atomic mass is 10.0. The van der Waals surface area contributed by atoms with E-state index >= 15 is 0 Å². The lowest BCUT2D eigenvalue weighted by Crippen LogP contribution is -2.29. The monoisotopic (exact) mass is 168 g/mol. The quantitative estimate of drug-likeness (QED) is 0.463. The SMILES string of the molecule is CC(C)CC(NN)c1ncc[nH]1. The molecule has 0 aromatic carbocycles. The minimum atomic E-state index is 0.139. The van der Waals surface area contributed by atoms with Gasteiger partial charge in [0, 0.05) is 12.4 Å². The van der Waals surface area contributed by atoms with E-state index in [1.54, 1.807) is 12.4 Å². The van der Waals surface area contributed by atoms with Gasteiger partial charge in [-0.2, -0.15) is 0 Å². The molecule has 0 fully saturated rings. The number of aromatic nitrogens is 2. The minimum absolute atomic E-state index is 0.139. The molecule has 1 aromatic rings. The topological polar surface area (TPSA) is 66.7 Å². The predicted octanol–water partition coefficient (Wildman–Crippen LogP) is 0.960. The summed E-state index contributed by atoms with van der Waals surface area (Å²) in [5.41, 5.74) is 2.74. The molecule has 1 aromatic heterocycles.